The van der Waals surface area contributed by atoms with Crippen molar-refractivity contribution in [2.45, 2.75) is 44.3 Å². The first-order valence-corrected chi connectivity index (χ1v) is 8.84. The van der Waals surface area contributed by atoms with Gasteiger partial charge in [-0.15, -0.1) is 0 Å². The van der Waals surface area contributed by atoms with Gasteiger partial charge in [-0.2, -0.15) is 5.26 Å². The highest BCUT2D eigenvalue weighted by atomic mass is 16.2. The number of nitriles is 1. The second-order valence-corrected chi connectivity index (χ2v) is 7.50. The van der Waals surface area contributed by atoms with E-state index in [4.69, 9.17) is 5.26 Å². The summed E-state index contributed by atoms with van der Waals surface area (Å²) in [7, 11) is 0. The van der Waals surface area contributed by atoms with Crippen LogP contribution in [0, 0.1) is 24.2 Å². The van der Waals surface area contributed by atoms with Crippen LogP contribution in [-0.2, 0) is 9.59 Å². The minimum atomic E-state index is -0.597. The van der Waals surface area contributed by atoms with Crippen molar-refractivity contribution in [2.24, 2.45) is 5.92 Å². The third-order valence-electron chi connectivity index (χ3n) is 5.90. The number of anilines is 1. The predicted molar refractivity (Wildman–Crippen MR) is 88.8 cm³/mol. The van der Waals surface area contributed by atoms with E-state index in [1.165, 1.54) is 6.20 Å². The SMILES string of the molecule is Cc1cc(N2C(=O)C3C4C[C@H](CN4C(=O)C4CC4)N3C2=O)cnc1C#N. The van der Waals surface area contributed by atoms with Crippen LogP contribution >= 0.6 is 0 Å². The molecule has 2 bridgehead atoms. The Labute approximate surface area is 150 Å². The molecule has 4 aliphatic rings. The number of pyridine rings is 1. The highest BCUT2D eigenvalue weighted by Gasteiger charge is 2.63. The summed E-state index contributed by atoms with van der Waals surface area (Å²) >= 11 is 0. The quantitative estimate of drug-likeness (QED) is 0.734. The van der Waals surface area contributed by atoms with Gasteiger partial charge in [0.25, 0.3) is 5.91 Å². The Morgan fingerprint density at radius 2 is 2.12 bits per heavy atom. The number of urea groups is 1. The van der Waals surface area contributed by atoms with Crippen molar-refractivity contribution in [2.75, 3.05) is 11.4 Å². The molecule has 3 atom stereocenters. The van der Waals surface area contributed by atoms with Crippen LogP contribution in [0.4, 0.5) is 10.5 Å². The van der Waals surface area contributed by atoms with Crippen molar-refractivity contribution in [3.05, 3.63) is 23.5 Å². The summed E-state index contributed by atoms with van der Waals surface area (Å²) in [5.74, 6) is -0.0649. The van der Waals surface area contributed by atoms with Gasteiger partial charge in [0, 0.05) is 12.5 Å². The first-order chi connectivity index (χ1) is 12.5. The Bertz CT molecular complexity index is 903. The van der Waals surface area contributed by atoms with Gasteiger partial charge in [0.1, 0.15) is 17.8 Å². The van der Waals surface area contributed by atoms with Crippen LogP contribution in [0.25, 0.3) is 0 Å². The number of aryl methyl sites for hydroxylation is 1. The number of imide groups is 1. The molecule has 3 saturated heterocycles. The van der Waals surface area contributed by atoms with Crippen molar-refractivity contribution in [1.82, 2.24) is 14.8 Å². The van der Waals surface area contributed by atoms with E-state index in [0.717, 1.165) is 17.7 Å². The molecule has 4 fully saturated rings. The average molecular weight is 351 g/mol. The molecular formula is C18H17N5O3. The molecule has 8 nitrogen and oxygen atoms in total. The van der Waals surface area contributed by atoms with E-state index in [1.54, 1.807) is 17.9 Å². The summed E-state index contributed by atoms with van der Waals surface area (Å²) in [6.45, 7) is 2.24. The van der Waals surface area contributed by atoms with E-state index >= 15 is 0 Å². The maximum atomic E-state index is 13.0. The second kappa shape index (κ2) is 5.04. The van der Waals surface area contributed by atoms with E-state index in [9.17, 15) is 14.4 Å². The molecule has 4 amide bonds. The van der Waals surface area contributed by atoms with Gasteiger partial charge in [-0.05, 0) is 37.8 Å². The van der Waals surface area contributed by atoms with Gasteiger partial charge in [0.05, 0.1) is 24.0 Å². The molecule has 3 aliphatic heterocycles. The summed E-state index contributed by atoms with van der Waals surface area (Å²) in [5, 5.41) is 9.01. The van der Waals surface area contributed by atoms with Crippen molar-refractivity contribution >= 4 is 23.5 Å². The van der Waals surface area contributed by atoms with Gasteiger partial charge in [-0.3, -0.25) is 9.59 Å². The third-order valence-corrected chi connectivity index (χ3v) is 5.90. The normalized spacial score (nSPS) is 29.4. The molecule has 1 aromatic rings. The van der Waals surface area contributed by atoms with Crippen LogP contribution < -0.4 is 4.90 Å². The number of aromatic nitrogens is 1. The third kappa shape index (κ3) is 1.88. The second-order valence-electron chi connectivity index (χ2n) is 7.50. The molecule has 1 saturated carbocycles. The molecule has 132 valence electrons. The fourth-order valence-electron chi connectivity index (χ4n) is 4.51. The molecule has 0 aromatic carbocycles. The lowest BCUT2D eigenvalue weighted by Gasteiger charge is -2.35. The van der Waals surface area contributed by atoms with Crippen LogP contribution in [0.1, 0.15) is 30.5 Å². The van der Waals surface area contributed by atoms with Crippen molar-refractivity contribution in [3.8, 4) is 6.07 Å². The van der Waals surface area contributed by atoms with Gasteiger partial charge >= 0.3 is 6.03 Å². The number of amides is 4. The molecule has 8 heteroatoms. The van der Waals surface area contributed by atoms with Gasteiger partial charge < -0.3 is 9.80 Å². The Kier molecular flexibility index (Phi) is 2.97. The number of fused-ring (bicyclic) bond motifs is 5. The predicted octanol–water partition coefficient (Wildman–Crippen LogP) is 0.792. The Morgan fingerprint density at radius 3 is 2.77 bits per heavy atom. The molecule has 26 heavy (non-hydrogen) atoms. The first kappa shape index (κ1) is 15.3. The average Bonchev–Trinajstić information content (AvgIpc) is 3.21. The molecular weight excluding hydrogens is 334 g/mol. The maximum absolute atomic E-state index is 13.0. The van der Waals surface area contributed by atoms with Crippen LogP contribution in [-0.4, -0.2) is 57.3 Å². The van der Waals surface area contributed by atoms with Crippen LogP contribution in [0.5, 0.6) is 0 Å². The Balaban J connectivity index is 1.47. The number of likely N-dealkylation sites (tertiary alicyclic amines) is 1. The van der Waals surface area contributed by atoms with Crippen molar-refractivity contribution in [1.29, 1.82) is 5.26 Å². The minimum absolute atomic E-state index is 0.0958. The summed E-state index contributed by atoms with van der Waals surface area (Å²) < 4.78 is 0. The Morgan fingerprint density at radius 1 is 1.35 bits per heavy atom. The fraction of sp³-hybridized carbons (Fsp3) is 0.500. The molecule has 2 unspecified atom stereocenters. The fourth-order valence-corrected chi connectivity index (χ4v) is 4.51. The lowest BCUT2D eigenvalue weighted by Crippen LogP contribution is -2.55. The van der Waals surface area contributed by atoms with Crippen molar-refractivity contribution < 1.29 is 14.4 Å². The highest BCUT2D eigenvalue weighted by Crippen LogP contribution is 2.44. The molecule has 1 aliphatic carbocycles. The topological polar surface area (TPSA) is 97.6 Å². The summed E-state index contributed by atoms with van der Waals surface area (Å²) in [6, 6.07) is 2.35. The minimum Gasteiger partial charge on any atom is -0.335 e. The summed E-state index contributed by atoms with van der Waals surface area (Å²) in [4.78, 5) is 47.1. The van der Waals surface area contributed by atoms with Gasteiger partial charge in [-0.1, -0.05) is 0 Å². The van der Waals surface area contributed by atoms with E-state index in [0.29, 0.717) is 24.2 Å². The molecule has 0 spiro atoms. The lowest BCUT2D eigenvalue weighted by molar-refractivity contribution is -0.136. The highest BCUT2D eigenvalue weighted by molar-refractivity contribution is 6.22. The van der Waals surface area contributed by atoms with Gasteiger partial charge in [0.15, 0.2) is 0 Å². The lowest BCUT2D eigenvalue weighted by atomic mass is 10.1. The van der Waals surface area contributed by atoms with E-state index in [1.807, 2.05) is 11.0 Å². The molecule has 1 aromatic heterocycles. The monoisotopic (exact) mass is 351 g/mol. The zero-order valence-electron chi connectivity index (χ0n) is 14.3. The van der Waals surface area contributed by atoms with E-state index < -0.39 is 6.04 Å². The van der Waals surface area contributed by atoms with Crippen LogP contribution in [0.15, 0.2) is 12.3 Å². The smallest absolute Gasteiger partial charge is 0.332 e. The summed E-state index contributed by atoms with van der Waals surface area (Å²) in [5.41, 5.74) is 1.27. The van der Waals surface area contributed by atoms with Crippen LogP contribution in [0.2, 0.25) is 0 Å². The Hall–Kier alpha value is -2.95. The van der Waals surface area contributed by atoms with Gasteiger partial charge in [-0.25, -0.2) is 14.7 Å². The van der Waals surface area contributed by atoms with Crippen LogP contribution in [0.3, 0.4) is 0 Å². The number of nitrogens with zero attached hydrogens (tertiary/aromatic N) is 5. The zero-order valence-corrected chi connectivity index (χ0v) is 14.3. The molecule has 4 heterocycles. The van der Waals surface area contributed by atoms with E-state index in [2.05, 4.69) is 4.98 Å². The molecule has 5 rings (SSSR count). The number of piperazine rings is 1. The zero-order chi connectivity index (χ0) is 18.2. The van der Waals surface area contributed by atoms with Gasteiger partial charge in [0.2, 0.25) is 5.91 Å². The maximum Gasteiger partial charge on any atom is 0.332 e. The van der Waals surface area contributed by atoms with E-state index in [-0.39, 0.29) is 41.5 Å². The van der Waals surface area contributed by atoms with Crippen molar-refractivity contribution in [3.63, 3.8) is 0 Å². The number of rotatable bonds is 2. The number of hydrogen-bond donors (Lipinski definition) is 0. The summed E-state index contributed by atoms with van der Waals surface area (Å²) in [6.07, 6.45) is 3.92. The molecule has 0 radical (unpaired) electrons. The number of carbonyl (C=O) groups is 3. The number of hydrogen-bond acceptors (Lipinski definition) is 5. The standard InChI is InChI=1S/C18H17N5O3/c1-9-4-11(7-20-13(9)6-19)23-17(25)15-14-5-12(22(15)18(23)26)8-21(14)16(24)10-2-3-10/h4,7,10,12,14-15H,2-3,5,8H2,1H3/t12-,14?,15?/m1/s1. The molecule has 0 N–H and O–H groups in total. The first-order valence-electron chi connectivity index (χ1n) is 8.84. The number of carbonyl (C=O) groups excluding carboxylic acids is 3. The largest absolute Gasteiger partial charge is 0.335 e.